The summed E-state index contributed by atoms with van der Waals surface area (Å²) < 4.78 is 6.46. The maximum Gasteiger partial charge on any atom is 0.349 e. The topological polar surface area (TPSA) is 84.2 Å². The molecule has 0 bridgehead atoms. The average molecular weight is 442 g/mol. The number of rotatable bonds is 3. The Balaban J connectivity index is 0.00000140. The largest absolute Gasteiger partial charge is 0.427 e. The zero-order chi connectivity index (χ0) is 18.1. The molecule has 28 heavy (non-hydrogen) atoms. The summed E-state index contributed by atoms with van der Waals surface area (Å²) in [4.78, 5) is 29.3. The molecule has 1 fully saturated rings. The van der Waals surface area contributed by atoms with Gasteiger partial charge in [-0.25, -0.2) is 9.78 Å². The van der Waals surface area contributed by atoms with Crippen molar-refractivity contribution in [2.24, 2.45) is 0 Å². The van der Waals surface area contributed by atoms with Crippen molar-refractivity contribution in [2.75, 3.05) is 18.4 Å². The number of nitrogens with one attached hydrogen (secondary N) is 2. The predicted octanol–water partition coefficient (Wildman–Crippen LogP) is 4.12. The molecule has 3 heterocycles. The number of fused-ring (bicyclic) bond motifs is 1. The Morgan fingerprint density at radius 3 is 2.86 bits per heavy atom. The molecular weight excluding hydrogens is 421 g/mol. The quantitative estimate of drug-likeness (QED) is 0.638. The second-order valence-electron chi connectivity index (χ2n) is 6.53. The monoisotopic (exact) mass is 441 g/mol. The molecule has 1 saturated heterocycles. The fourth-order valence-corrected chi connectivity index (χ4v) is 4.04. The van der Waals surface area contributed by atoms with Gasteiger partial charge in [-0.05, 0) is 56.1 Å². The van der Waals surface area contributed by atoms with E-state index in [2.05, 4.69) is 15.6 Å². The number of hydrogen-bond acceptors (Lipinski definition) is 6. The number of aromatic nitrogens is 1. The van der Waals surface area contributed by atoms with E-state index in [4.69, 9.17) is 4.42 Å². The van der Waals surface area contributed by atoms with Crippen molar-refractivity contribution < 1.29 is 9.21 Å². The molecule has 1 atom stereocenters. The molecule has 0 spiro atoms. The molecule has 0 aliphatic carbocycles. The second kappa shape index (κ2) is 9.52. The van der Waals surface area contributed by atoms with Crippen molar-refractivity contribution in [1.82, 2.24) is 10.3 Å². The molecule has 1 unspecified atom stereocenters. The van der Waals surface area contributed by atoms with Gasteiger partial charge in [0.1, 0.15) is 11.3 Å². The number of anilines is 1. The summed E-state index contributed by atoms with van der Waals surface area (Å²) in [5.41, 5.74) is 3.38. The maximum absolute atomic E-state index is 12.6. The van der Waals surface area contributed by atoms with Crippen LogP contribution < -0.4 is 16.3 Å². The van der Waals surface area contributed by atoms with Gasteiger partial charge in [0, 0.05) is 18.2 Å². The lowest BCUT2D eigenvalue weighted by atomic mass is 9.95. The van der Waals surface area contributed by atoms with Crippen molar-refractivity contribution in [3.63, 3.8) is 0 Å². The number of benzene rings is 1. The average Bonchev–Trinajstić information content (AvgIpc) is 3.09. The molecule has 4 rings (SSSR count). The highest BCUT2D eigenvalue weighted by Gasteiger charge is 2.22. The first-order valence-corrected chi connectivity index (χ1v) is 9.50. The molecule has 150 valence electrons. The molecule has 3 aromatic rings. The van der Waals surface area contributed by atoms with Gasteiger partial charge in [-0.15, -0.1) is 36.2 Å². The number of aryl methyl sites for hydroxylation is 1. The summed E-state index contributed by atoms with van der Waals surface area (Å²) in [5.74, 6) is 0.386. The molecule has 1 amide bonds. The Kier molecular flexibility index (Phi) is 7.60. The lowest BCUT2D eigenvalue weighted by Crippen LogP contribution is -2.30. The van der Waals surface area contributed by atoms with E-state index < -0.39 is 11.5 Å². The van der Waals surface area contributed by atoms with Gasteiger partial charge in [0.05, 0.1) is 15.7 Å². The van der Waals surface area contributed by atoms with Gasteiger partial charge in [0.2, 0.25) is 0 Å². The zero-order valence-electron chi connectivity index (χ0n) is 15.2. The summed E-state index contributed by atoms with van der Waals surface area (Å²) in [6, 6.07) is 7.29. The molecule has 9 heteroatoms. The van der Waals surface area contributed by atoms with Crippen LogP contribution in [0.2, 0.25) is 0 Å². The van der Waals surface area contributed by atoms with Crippen molar-refractivity contribution in [3.05, 3.63) is 57.1 Å². The smallest absolute Gasteiger partial charge is 0.349 e. The minimum Gasteiger partial charge on any atom is -0.427 e. The number of carbonyl (C=O) groups excluding carboxylic acids is 1. The molecule has 1 aliphatic rings. The maximum atomic E-state index is 12.6. The highest BCUT2D eigenvalue weighted by atomic mass is 35.5. The van der Waals surface area contributed by atoms with Gasteiger partial charge in [0.25, 0.3) is 5.91 Å². The van der Waals surface area contributed by atoms with E-state index in [1.165, 1.54) is 11.3 Å². The number of thiazole rings is 1. The summed E-state index contributed by atoms with van der Waals surface area (Å²) in [5, 5.41) is 6.10. The Labute approximate surface area is 178 Å². The van der Waals surface area contributed by atoms with Crippen LogP contribution in [0.1, 0.15) is 40.4 Å². The summed E-state index contributed by atoms with van der Waals surface area (Å²) in [7, 11) is 0. The minimum atomic E-state index is -0.582. The van der Waals surface area contributed by atoms with E-state index in [0.29, 0.717) is 17.0 Å². The molecule has 0 radical (unpaired) electrons. The highest BCUT2D eigenvalue weighted by Crippen LogP contribution is 2.25. The fraction of sp³-hybridized carbons (Fsp3) is 0.316. The molecular formula is C19H21Cl2N3O3S. The van der Waals surface area contributed by atoms with Crippen LogP contribution in [0, 0.1) is 6.92 Å². The van der Waals surface area contributed by atoms with Crippen LogP contribution in [0.3, 0.4) is 0 Å². The number of carbonyl (C=O) groups is 1. The first kappa shape index (κ1) is 22.4. The van der Waals surface area contributed by atoms with Gasteiger partial charge in [0.15, 0.2) is 0 Å². The highest BCUT2D eigenvalue weighted by molar-refractivity contribution is 7.16. The number of hydrogen-bond donors (Lipinski definition) is 2. The normalized spacial score (nSPS) is 16.1. The van der Waals surface area contributed by atoms with Crippen LogP contribution >= 0.6 is 36.2 Å². The molecule has 1 aliphatic heterocycles. The van der Waals surface area contributed by atoms with Crippen molar-refractivity contribution >= 4 is 58.0 Å². The van der Waals surface area contributed by atoms with E-state index in [-0.39, 0.29) is 36.3 Å². The first-order chi connectivity index (χ1) is 12.6. The molecule has 1 aromatic carbocycles. The summed E-state index contributed by atoms with van der Waals surface area (Å²) in [6.45, 7) is 3.56. The number of piperidine rings is 1. The molecule has 2 N–H and O–H groups in total. The van der Waals surface area contributed by atoms with Gasteiger partial charge >= 0.3 is 5.63 Å². The van der Waals surface area contributed by atoms with Crippen LogP contribution in [0.25, 0.3) is 10.2 Å². The van der Waals surface area contributed by atoms with Crippen molar-refractivity contribution in [3.8, 4) is 0 Å². The Morgan fingerprint density at radius 1 is 1.32 bits per heavy atom. The third-order valence-electron chi connectivity index (χ3n) is 4.68. The van der Waals surface area contributed by atoms with E-state index in [0.717, 1.165) is 36.1 Å². The molecule has 6 nitrogen and oxygen atoms in total. The van der Waals surface area contributed by atoms with Gasteiger partial charge < -0.3 is 15.1 Å². The summed E-state index contributed by atoms with van der Waals surface area (Å²) >= 11 is 1.50. The van der Waals surface area contributed by atoms with E-state index in [1.807, 2.05) is 18.2 Å². The second-order valence-corrected chi connectivity index (χ2v) is 7.41. The zero-order valence-corrected chi connectivity index (χ0v) is 17.6. The number of halogens is 2. The number of nitrogens with zero attached hydrogens (tertiary/aromatic N) is 1. The van der Waals surface area contributed by atoms with E-state index in [9.17, 15) is 9.59 Å². The van der Waals surface area contributed by atoms with Crippen LogP contribution in [-0.2, 0) is 0 Å². The lowest BCUT2D eigenvalue weighted by Gasteiger charge is -2.22. The summed E-state index contributed by atoms with van der Waals surface area (Å²) in [6.07, 6.45) is 2.03. The minimum absolute atomic E-state index is 0. The van der Waals surface area contributed by atoms with Crippen LogP contribution in [0.5, 0.6) is 0 Å². The van der Waals surface area contributed by atoms with E-state index >= 15 is 0 Å². The van der Waals surface area contributed by atoms with Gasteiger partial charge in [-0.2, -0.15) is 0 Å². The van der Waals surface area contributed by atoms with Gasteiger partial charge in [-0.3, -0.25) is 4.79 Å². The third kappa shape index (κ3) is 4.55. The predicted molar refractivity (Wildman–Crippen MR) is 117 cm³/mol. The van der Waals surface area contributed by atoms with E-state index in [1.54, 1.807) is 18.5 Å². The Morgan fingerprint density at radius 2 is 2.14 bits per heavy atom. The fourth-order valence-electron chi connectivity index (χ4n) is 3.33. The van der Waals surface area contributed by atoms with Crippen molar-refractivity contribution in [1.29, 1.82) is 0 Å². The van der Waals surface area contributed by atoms with Crippen LogP contribution in [0.15, 0.2) is 39.0 Å². The standard InChI is InChI=1S/C19H19N3O3S.2ClH/c1-11-7-15(12-3-2-6-20-9-12)25-19(24)17(11)18(23)22-13-4-5-14-16(8-13)26-10-21-14;;/h4-5,7-8,10,12,20H,2-3,6,9H2,1H3,(H,22,23);2*1H. The van der Waals surface area contributed by atoms with Crippen LogP contribution in [0.4, 0.5) is 5.69 Å². The van der Waals surface area contributed by atoms with Crippen molar-refractivity contribution in [2.45, 2.75) is 25.7 Å². The third-order valence-corrected chi connectivity index (χ3v) is 5.47. The molecule has 0 saturated carbocycles. The van der Waals surface area contributed by atoms with Gasteiger partial charge in [-0.1, -0.05) is 0 Å². The number of amides is 1. The Bertz CT molecular complexity index is 1030. The Hall–Kier alpha value is -1.93. The first-order valence-electron chi connectivity index (χ1n) is 8.62. The SMILES string of the molecule is Cc1cc(C2CCCNC2)oc(=O)c1C(=O)Nc1ccc2ncsc2c1.Cl.Cl. The lowest BCUT2D eigenvalue weighted by molar-refractivity contribution is 0.102. The molecule has 2 aromatic heterocycles. The van der Waals surface area contributed by atoms with Crippen LogP contribution in [-0.4, -0.2) is 24.0 Å².